The molecule has 1 amide bonds. The minimum Gasteiger partial charge on any atom is -0.335 e. The number of nitrogens with zero attached hydrogens (tertiary/aromatic N) is 5. The van der Waals surface area contributed by atoms with Crippen LogP contribution in [0.5, 0.6) is 0 Å². The summed E-state index contributed by atoms with van der Waals surface area (Å²) in [6, 6.07) is 0.869. The lowest BCUT2D eigenvalue weighted by atomic mass is 9.95. The Balaban J connectivity index is 1.58. The predicted molar refractivity (Wildman–Crippen MR) is 91.8 cm³/mol. The van der Waals surface area contributed by atoms with E-state index in [1.165, 1.54) is 6.33 Å². The van der Waals surface area contributed by atoms with Crippen molar-refractivity contribution in [2.75, 3.05) is 0 Å². The van der Waals surface area contributed by atoms with Gasteiger partial charge in [0, 0.05) is 12.5 Å². The molecule has 0 saturated carbocycles. The highest BCUT2D eigenvalue weighted by atomic mass is 35.5. The van der Waals surface area contributed by atoms with Crippen molar-refractivity contribution in [1.82, 2.24) is 24.4 Å². The van der Waals surface area contributed by atoms with Crippen molar-refractivity contribution >= 4 is 28.7 Å². The van der Waals surface area contributed by atoms with E-state index in [9.17, 15) is 4.79 Å². The normalized spacial score (nSPS) is 25.8. The third-order valence-electron chi connectivity index (χ3n) is 5.46. The Morgan fingerprint density at radius 3 is 2.96 bits per heavy atom. The average molecular weight is 348 g/mol. The van der Waals surface area contributed by atoms with E-state index in [-0.39, 0.29) is 12.1 Å². The minimum absolute atomic E-state index is 0.245. The van der Waals surface area contributed by atoms with Gasteiger partial charge in [-0.2, -0.15) is 0 Å². The zero-order valence-corrected chi connectivity index (χ0v) is 14.6. The molecule has 1 unspecified atom stereocenters. The summed E-state index contributed by atoms with van der Waals surface area (Å²) in [5.41, 5.74) is 1.41. The van der Waals surface area contributed by atoms with Gasteiger partial charge in [0.15, 0.2) is 10.8 Å². The molecule has 2 saturated heterocycles. The molecule has 0 spiro atoms. The van der Waals surface area contributed by atoms with Crippen LogP contribution in [-0.2, 0) is 4.79 Å². The van der Waals surface area contributed by atoms with E-state index in [1.54, 1.807) is 6.33 Å². The Morgan fingerprint density at radius 1 is 1.25 bits per heavy atom. The summed E-state index contributed by atoms with van der Waals surface area (Å²) in [5.74, 6) is 0.315. The molecule has 2 fully saturated rings. The number of carbonyl (C=O) groups excluding carboxylic acids is 1. The summed E-state index contributed by atoms with van der Waals surface area (Å²) in [6.45, 7) is 2.16. The first kappa shape index (κ1) is 15.8. The van der Waals surface area contributed by atoms with Gasteiger partial charge in [0.2, 0.25) is 5.91 Å². The summed E-state index contributed by atoms with van der Waals surface area (Å²) in [5, 5.41) is 0.384. The monoisotopic (exact) mass is 347 g/mol. The molecule has 2 bridgehead atoms. The number of fused-ring (bicyclic) bond motifs is 3. The van der Waals surface area contributed by atoms with Crippen LogP contribution in [0.3, 0.4) is 0 Å². The zero-order valence-electron chi connectivity index (χ0n) is 13.9. The van der Waals surface area contributed by atoms with Crippen molar-refractivity contribution in [1.29, 1.82) is 0 Å². The predicted octanol–water partition coefficient (Wildman–Crippen LogP) is 3.36. The number of aromatic nitrogens is 4. The molecule has 6 nitrogen and oxygen atoms in total. The fourth-order valence-corrected chi connectivity index (χ4v) is 4.54. The van der Waals surface area contributed by atoms with Crippen LogP contribution < -0.4 is 0 Å². The Kier molecular flexibility index (Phi) is 4.16. The van der Waals surface area contributed by atoms with Gasteiger partial charge in [-0.15, -0.1) is 0 Å². The fourth-order valence-electron chi connectivity index (χ4n) is 4.37. The van der Waals surface area contributed by atoms with Crippen LogP contribution in [0.2, 0.25) is 5.15 Å². The summed E-state index contributed by atoms with van der Waals surface area (Å²) in [6.07, 6.45) is 10.4. The van der Waals surface area contributed by atoms with Gasteiger partial charge in [0.05, 0.1) is 18.4 Å². The lowest BCUT2D eigenvalue weighted by Gasteiger charge is -2.25. The Morgan fingerprint density at radius 2 is 2.12 bits per heavy atom. The van der Waals surface area contributed by atoms with Crippen LogP contribution in [0.4, 0.5) is 0 Å². The molecule has 2 aliphatic rings. The summed E-state index contributed by atoms with van der Waals surface area (Å²) < 4.78 is 2.10. The van der Waals surface area contributed by atoms with Crippen LogP contribution in [0.1, 0.15) is 57.9 Å². The van der Waals surface area contributed by atoms with Crippen molar-refractivity contribution in [3.05, 3.63) is 17.8 Å². The van der Waals surface area contributed by atoms with Gasteiger partial charge in [0.25, 0.3) is 0 Å². The second kappa shape index (κ2) is 6.31. The number of imidazole rings is 1. The van der Waals surface area contributed by atoms with Gasteiger partial charge in [-0.25, -0.2) is 15.0 Å². The first-order chi connectivity index (χ1) is 11.7. The molecule has 2 aromatic rings. The van der Waals surface area contributed by atoms with E-state index in [0.717, 1.165) is 44.2 Å². The quantitative estimate of drug-likeness (QED) is 0.614. The van der Waals surface area contributed by atoms with Gasteiger partial charge in [-0.05, 0) is 25.7 Å². The lowest BCUT2D eigenvalue weighted by molar-refractivity contribution is -0.132. The Labute approximate surface area is 146 Å². The van der Waals surface area contributed by atoms with Crippen LogP contribution in [0.15, 0.2) is 12.7 Å². The fraction of sp³-hybridized carbons (Fsp3) is 0.647. The maximum absolute atomic E-state index is 12.7. The van der Waals surface area contributed by atoms with E-state index in [0.29, 0.717) is 29.0 Å². The molecule has 128 valence electrons. The molecule has 24 heavy (non-hydrogen) atoms. The first-order valence-electron chi connectivity index (χ1n) is 8.85. The van der Waals surface area contributed by atoms with Crippen LogP contribution in [0.25, 0.3) is 11.2 Å². The van der Waals surface area contributed by atoms with Crippen molar-refractivity contribution in [2.45, 2.75) is 70.0 Å². The summed E-state index contributed by atoms with van der Waals surface area (Å²) in [7, 11) is 0. The lowest BCUT2D eigenvalue weighted by Crippen LogP contribution is -2.36. The van der Waals surface area contributed by atoms with E-state index in [4.69, 9.17) is 11.6 Å². The van der Waals surface area contributed by atoms with E-state index in [1.807, 2.05) is 0 Å². The topological polar surface area (TPSA) is 63.9 Å². The maximum atomic E-state index is 12.7. The number of hydrogen-bond acceptors (Lipinski definition) is 4. The largest absolute Gasteiger partial charge is 0.335 e. The third-order valence-corrected chi connectivity index (χ3v) is 5.73. The average Bonchev–Trinajstić information content (AvgIpc) is 3.27. The van der Waals surface area contributed by atoms with Gasteiger partial charge >= 0.3 is 0 Å². The Bertz CT molecular complexity index is 761. The number of carbonyl (C=O) groups is 1. The molecule has 7 heteroatoms. The summed E-state index contributed by atoms with van der Waals surface area (Å²) >= 11 is 6.11. The highest BCUT2D eigenvalue weighted by Crippen LogP contribution is 2.45. The number of amides is 1. The molecule has 3 atom stereocenters. The number of halogens is 1. The van der Waals surface area contributed by atoms with Gasteiger partial charge in [-0.1, -0.05) is 31.4 Å². The number of unbranched alkanes of at least 4 members (excludes halogenated alkanes) is 2. The molecule has 0 aliphatic carbocycles. The van der Waals surface area contributed by atoms with Crippen molar-refractivity contribution in [3.63, 3.8) is 0 Å². The SMILES string of the molecule is CCCCCC(=O)N1[C@H]2CC[C@@H]1C(n1cnc3c(Cl)ncnc31)C2. The first-order valence-corrected chi connectivity index (χ1v) is 9.22. The minimum atomic E-state index is 0.245. The standard InChI is InChI=1S/C17H22ClN5O/c1-2-3-4-5-14(24)23-11-6-7-12(23)13(8-11)22-10-21-15-16(18)19-9-20-17(15)22/h9-13H,2-8H2,1H3/t11-,12+,13?/m0/s1. The van der Waals surface area contributed by atoms with Crippen molar-refractivity contribution < 1.29 is 4.79 Å². The van der Waals surface area contributed by atoms with Crippen LogP contribution >= 0.6 is 11.6 Å². The summed E-state index contributed by atoms with van der Waals surface area (Å²) in [4.78, 5) is 27.6. The third kappa shape index (κ3) is 2.48. The van der Waals surface area contributed by atoms with Crippen molar-refractivity contribution in [2.24, 2.45) is 0 Å². The van der Waals surface area contributed by atoms with Gasteiger partial charge in [-0.3, -0.25) is 4.79 Å². The zero-order chi connectivity index (χ0) is 16.7. The molecular formula is C17H22ClN5O. The van der Waals surface area contributed by atoms with Crippen LogP contribution in [-0.4, -0.2) is 42.4 Å². The molecular weight excluding hydrogens is 326 g/mol. The van der Waals surface area contributed by atoms with E-state index < -0.39 is 0 Å². The smallest absolute Gasteiger partial charge is 0.223 e. The molecule has 0 aromatic carbocycles. The highest BCUT2D eigenvalue weighted by Gasteiger charge is 2.49. The molecule has 2 aliphatic heterocycles. The maximum Gasteiger partial charge on any atom is 0.223 e. The van der Waals surface area contributed by atoms with Gasteiger partial charge < -0.3 is 9.47 Å². The molecule has 0 N–H and O–H groups in total. The number of rotatable bonds is 5. The molecule has 4 rings (SSSR count). The Hall–Kier alpha value is -1.69. The second-order valence-electron chi connectivity index (χ2n) is 6.85. The van der Waals surface area contributed by atoms with E-state index >= 15 is 0 Å². The molecule has 0 radical (unpaired) electrons. The number of hydrogen-bond donors (Lipinski definition) is 0. The molecule has 4 heterocycles. The van der Waals surface area contributed by atoms with Crippen LogP contribution in [0, 0.1) is 0 Å². The van der Waals surface area contributed by atoms with Gasteiger partial charge in [0.1, 0.15) is 11.8 Å². The molecule has 2 aromatic heterocycles. The van der Waals surface area contributed by atoms with E-state index in [2.05, 4.69) is 31.3 Å². The second-order valence-corrected chi connectivity index (χ2v) is 7.21. The van der Waals surface area contributed by atoms with Crippen molar-refractivity contribution in [3.8, 4) is 0 Å². The highest BCUT2D eigenvalue weighted by molar-refractivity contribution is 6.33.